The van der Waals surface area contributed by atoms with Crippen LogP contribution in [0, 0.1) is 0 Å². The predicted octanol–water partition coefficient (Wildman–Crippen LogP) is 3.95. The number of hydrogen-bond acceptors (Lipinski definition) is 4. The molecule has 0 fully saturated rings. The van der Waals surface area contributed by atoms with Crippen molar-refractivity contribution in [3.63, 3.8) is 0 Å². The van der Waals surface area contributed by atoms with Gasteiger partial charge in [-0.25, -0.2) is 0 Å². The molecule has 1 aliphatic rings. The van der Waals surface area contributed by atoms with Crippen molar-refractivity contribution >= 4 is 34.2 Å². The average Bonchev–Trinajstić information content (AvgIpc) is 2.86. The summed E-state index contributed by atoms with van der Waals surface area (Å²) in [6.07, 6.45) is 1.35. The molecule has 35 heavy (non-hydrogen) atoms. The van der Waals surface area contributed by atoms with Gasteiger partial charge in [0.25, 0.3) is 11.8 Å². The topological polar surface area (TPSA) is 91.6 Å². The van der Waals surface area contributed by atoms with Gasteiger partial charge in [-0.2, -0.15) is 0 Å². The molecule has 4 aromatic rings. The summed E-state index contributed by atoms with van der Waals surface area (Å²) in [4.78, 5) is 40.3. The molecule has 0 atom stereocenters. The first-order valence-electron chi connectivity index (χ1n) is 11.2. The third kappa shape index (κ3) is 4.38. The summed E-state index contributed by atoms with van der Waals surface area (Å²) in [5, 5.41) is 16.0. The number of benzene rings is 3. The first kappa shape index (κ1) is 22.7. The Labute approximate surface area is 206 Å². The first-order chi connectivity index (χ1) is 16.9. The number of carbonyl (C=O) groups excluding carboxylic acids is 2. The minimum Gasteiger partial charge on any atom is -0.503 e. The third-order valence-electron chi connectivity index (χ3n) is 6.18. The van der Waals surface area contributed by atoms with Gasteiger partial charge in [0.2, 0.25) is 5.43 Å². The van der Waals surface area contributed by atoms with E-state index in [0.717, 1.165) is 21.9 Å². The molecular formula is C27H22ClN3O4. The zero-order chi connectivity index (χ0) is 24.5. The minimum atomic E-state index is -0.871. The van der Waals surface area contributed by atoms with Gasteiger partial charge < -0.3 is 19.9 Å². The van der Waals surface area contributed by atoms with Gasteiger partial charge in [0.05, 0.1) is 0 Å². The summed E-state index contributed by atoms with van der Waals surface area (Å²) < 4.78 is 1.47. The molecule has 0 spiro atoms. The Kier molecular flexibility index (Phi) is 6.01. The summed E-state index contributed by atoms with van der Waals surface area (Å²) in [7, 11) is 0. The maximum absolute atomic E-state index is 13.1. The number of carbonyl (C=O) groups is 2. The normalized spacial score (nSPS) is 13.1. The summed E-state index contributed by atoms with van der Waals surface area (Å²) in [6, 6.07) is 20.8. The minimum absolute atomic E-state index is 0.117. The third-order valence-corrected chi connectivity index (χ3v) is 6.42. The van der Waals surface area contributed by atoms with Crippen LogP contribution in [0.2, 0.25) is 5.02 Å². The van der Waals surface area contributed by atoms with E-state index in [0.29, 0.717) is 24.7 Å². The van der Waals surface area contributed by atoms with E-state index >= 15 is 0 Å². The van der Waals surface area contributed by atoms with Gasteiger partial charge in [-0.3, -0.25) is 14.4 Å². The van der Waals surface area contributed by atoms with E-state index in [2.05, 4.69) is 5.32 Å². The number of aromatic hydroxyl groups is 1. The standard InChI is InChI=1S/C27H22ClN3O4/c28-20-9-3-5-17(13-20)15-31-12-11-30-16-22(24(32)25(33)23(30)27(31)35)26(34)29-14-19-8-4-7-18-6-1-2-10-21(18)19/h1-10,13,16,33H,11-12,14-15H2,(H,29,34). The van der Waals surface area contributed by atoms with Crippen LogP contribution in [0.15, 0.2) is 77.7 Å². The van der Waals surface area contributed by atoms with Crippen molar-refractivity contribution in [2.24, 2.45) is 0 Å². The number of hydrogen-bond donors (Lipinski definition) is 2. The van der Waals surface area contributed by atoms with E-state index in [4.69, 9.17) is 11.6 Å². The molecule has 0 bridgehead atoms. The van der Waals surface area contributed by atoms with E-state index in [1.807, 2.05) is 48.5 Å². The molecule has 3 aromatic carbocycles. The lowest BCUT2D eigenvalue weighted by molar-refractivity contribution is 0.0681. The van der Waals surface area contributed by atoms with Crippen LogP contribution in [-0.4, -0.2) is 32.9 Å². The lowest BCUT2D eigenvalue weighted by atomic mass is 10.0. The highest BCUT2D eigenvalue weighted by molar-refractivity contribution is 6.30. The Hall–Kier alpha value is -4.10. The fourth-order valence-corrected chi connectivity index (χ4v) is 4.63. The van der Waals surface area contributed by atoms with Crippen molar-refractivity contribution < 1.29 is 14.7 Å². The molecule has 1 aliphatic heterocycles. The molecule has 0 radical (unpaired) electrons. The zero-order valence-electron chi connectivity index (χ0n) is 18.7. The Morgan fingerprint density at radius 1 is 1.00 bits per heavy atom. The van der Waals surface area contributed by atoms with Crippen molar-refractivity contribution in [1.82, 2.24) is 14.8 Å². The van der Waals surface area contributed by atoms with E-state index < -0.39 is 23.0 Å². The second-order valence-electron chi connectivity index (χ2n) is 8.44. The van der Waals surface area contributed by atoms with Crippen LogP contribution in [0.3, 0.4) is 0 Å². The first-order valence-corrected chi connectivity index (χ1v) is 11.5. The molecule has 1 aromatic heterocycles. The SMILES string of the molecule is O=C(NCc1cccc2ccccc12)c1cn2c(c(O)c1=O)C(=O)N(Cc1cccc(Cl)c1)CC2. The Bertz CT molecular complexity index is 1520. The molecule has 0 unspecified atom stereocenters. The summed E-state index contributed by atoms with van der Waals surface area (Å²) >= 11 is 6.04. The van der Waals surface area contributed by atoms with Crippen LogP contribution < -0.4 is 10.7 Å². The highest BCUT2D eigenvalue weighted by Gasteiger charge is 2.30. The van der Waals surface area contributed by atoms with Gasteiger partial charge in [0, 0.05) is 37.4 Å². The molecule has 0 aliphatic carbocycles. The fourth-order valence-electron chi connectivity index (χ4n) is 4.42. The molecule has 5 rings (SSSR count). The van der Waals surface area contributed by atoms with Gasteiger partial charge in [0.15, 0.2) is 11.4 Å². The van der Waals surface area contributed by atoms with E-state index in [9.17, 15) is 19.5 Å². The lowest BCUT2D eigenvalue weighted by Gasteiger charge is -2.30. The van der Waals surface area contributed by atoms with Crippen molar-refractivity contribution in [2.45, 2.75) is 19.6 Å². The number of rotatable bonds is 5. The van der Waals surface area contributed by atoms with Gasteiger partial charge in [-0.15, -0.1) is 0 Å². The Morgan fingerprint density at radius 3 is 2.60 bits per heavy atom. The molecule has 2 heterocycles. The van der Waals surface area contributed by atoms with Crippen molar-refractivity contribution in [3.05, 3.63) is 111 Å². The quantitative estimate of drug-likeness (QED) is 0.446. The van der Waals surface area contributed by atoms with E-state index in [1.54, 1.807) is 23.1 Å². The van der Waals surface area contributed by atoms with Crippen molar-refractivity contribution in [3.8, 4) is 5.75 Å². The Balaban J connectivity index is 1.37. The van der Waals surface area contributed by atoms with Crippen LogP contribution in [0.4, 0.5) is 0 Å². The zero-order valence-corrected chi connectivity index (χ0v) is 19.5. The highest BCUT2D eigenvalue weighted by atomic mass is 35.5. The highest BCUT2D eigenvalue weighted by Crippen LogP contribution is 2.23. The Morgan fingerprint density at radius 2 is 1.77 bits per heavy atom. The van der Waals surface area contributed by atoms with Crippen molar-refractivity contribution in [2.75, 3.05) is 6.54 Å². The van der Waals surface area contributed by atoms with Gasteiger partial charge in [0.1, 0.15) is 5.56 Å². The molecular weight excluding hydrogens is 466 g/mol. The maximum Gasteiger partial charge on any atom is 0.274 e. The number of pyridine rings is 1. The van der Waals surface area contributed by atoms with Crippen LogP contribution in [-0.2, 0) is 19.6 Å². The smallest absolute Gasteiger partial charge is 0.274 e. The largest absolute Gasteiger partial charge is 0.503 e. The van der Waals surface area contributed by atoms with Crippen molar-refractivity contribution in [1.29, 1.82) is 0 Å². The lowest BCUT2D eigenvalue weighted by Crippen LogP contribution is -2.42. The second kappa shape index (κ2) is 9.27. The molecule has 7 nitrogen and oxygen atoms in total. The predicted molar refractivity (Wildman–Crippen MR) is 134 cm³/mol. The molecule has 2 N–H and O–H groups in total. The summed E-state index contributed by atoms with van der Waals surface area (Å²) in [5.74, 6) is -1.81. The van der Waals surface area contributed by atoms with Crippen LogP contribution in [0.25, 0.3) is 10.8 Å². The van der Waals surface area contributed by atoms with E-state index in [-0.39, 0.29) is 17.8 Å². The monoisotopic (exact) mass is 487 g/mol. The number of nitrogens with zero attached hydrogens (tertiary/aromatic N) is 2. The fraction of sp³-hybridized carbons (Fsp3) is 0.148. The van der Waals surface area contributed by atoms with Gasteiger partial charge >= 0.3 is 0 Å². The number of fused-ring (bicyclic) bond motifs is 2. The number of aromatic nitrogens is 1. The summed E-state index contributed by atoms with van der Waals surface area (Å²) in [5.41, 5.74) is 0.553. The van der Waals surface area contributed by atoms with Gasteiger partial charge in [-0.1, -0.05) is 66.2 Å². The molecule has 0 saturated carbocycles. The molecule has 0 saturated heterocycles. The van der Waals surface area contributed by atoms with Crippen LogP contribution in [0.1, 0.15) is 32.0 Å². The summed E-state index contributed by atoms with van der Waals surface area (Å²) in [6.45, 7) is 1.20. The number of halogens is 1. The molecule has 2 amide bonds. The number of amides is 2. The maximum atomic E-state index is 13.1. The van der Waals surface area contributed by atoms with Crippen LogP contribution in [0.5, 0.6) is 5.75 Å². The second-order valence-corrected chi connectivity index (χ2v) is 8.88. The molecule has 176 valence electrons. The van der Waals surface area contributed by atoms with Gasteiger partial charge in [-0.05, 0) is 34.0 Å². The van der Waals surface area contributed by atoms with E-state index in [1.165, 1.54) is 10.8 Å². The average molecular weight is 488 g/mol. The van der Waals surface area contributed by atoms with Crippen LogP contribution >= 0.6 is 11.6 Å². The number of nitrogens with one attached hydrogen (secondary N) is 1. The molecule has 8 heteroatoms.